The van der Waals surface area contributed by atoms with Gasteiger partial charge in [0.15, 0.2) is 0 Å². The van der Waals surface area contributed by atoms with Crippen LogP contribution in [0.4, 0.5) is 0 Å². The van der Waals surface area contributed by atoms with Crippen LogP contribution >= 0.6 is 0 Å². The molecule has 2 rings (SSSR count). The van der Waals surface area contributed by atoms with E-state index in [-0.39, 0.29) is 0 Å². The number of hydrogen-bond donors (Lipinski definition) is 1. The second-order valence-corrected chi connectivity index (χ2v) is 8.73. The molecule has 3 unspecified atom stereocenters. The van der Waals surface area contributed by atoms with E-state index < -0.39 is 0 Å². The Morgan fingerprint density at radius 1 is 1.14 bits per heavy atom. The van der Waals surface area contributed by atoms with Gasteiger partial charge in [0.25, 0.3) is 0 Å². The van der Waals surface area contributed by atoms with Crippen molar-refractivity contribution in [3.8, 4) is 0 Å². The molecule has 0 aromatic rings. The Kier molecular flexibility index (Phi) is 5.76. The van der Waals surface area contributed by atoms with Crippen molar-refractivity contribution in [3.63, 3.8) is 0 Å². The lowest BCUT2D eigenvalue weighted by Crippen LogP contribution is -2.54. The maximum atomic E-state index is 6.56. The van der Waals surface area contributed by atoms with Crippen molar-refractivity contribution >= 4 is 0 Å². The lowest BCUT2D eigenvalue weighted by molar-refractivity contribution is 0.0530. The molecule has 0 amide bonds. The summed E-state index contributed by atoms with van der Waals surface area (Å²) in [6.45, 7) is 13.2. The monoisotopic (exact) mass is 294 g/mol. The maximum Gasteiger partial charge on any atom is 0.0252 e. The van der Waals surface area contributed by atoms with Crippen molar-refractivity contribution in [2.75, 3.05) is 6.54 Å². The highest BCUT2D eigenvalue weighted by molar-refractivity contribution is 4.98. The molecule has 0 aromatic carbocycles. The summed E-state index contributed by atoms with van der Waals surface area (Å²) in [4.78, 5) is 2.81. The predicted octanol–water partition coefficient (Wildman–Crippen LogP) is 4.43. The zero-order valence-corrected chi connectivity index (χ0v) is 15.1. The van der Waals surface area contributed by atoms with Crippen LogP contribution in [0.5, 0.6) is 0 Å². The summed E-state index contributed by atoms with van der Waals surface area (Å²) in [5.74, 6) is 1.65. The molecule has 2 fully saturated rings. The van der Waals surface area contributed by atoms with E-state index in [9.17, 15) is 0 Å². The Balaban J connectivity index is 2.03. The molecular formula is C19H38N2. The Morgan fingerprint density at radius 2 is 1.81 bits per heavy atom. The molecule has 2 aliphatic rings. The molecule has 0 aliphatic heterocycles. The maximum absolute atomic E-state index is 6.56. The first-order valence-electron chi connectivity index (χ1n) is 9.36. The fraction of sp³-hybridized carbons (Fsp3) is 1.00. The number of nitrogens with two attached hydrogens (primary N) is 1. The predicted molar refractivity (Wildman–Crippen MR) is 92.4 cm³/mol. The average Bonchev–Trinajstić information content (AvgIpc) is 3.25. The number of hydrogen-bond acceptors (Lipinski definition) is 2. The molecule has 0 saturated heterocycles. The Morgan fingerprint density at radius 3 is 2.33 bits per heavy atom. The minimum absolute atomic E-state index is 0.404. The second kappa shape index (κ2) is 7.00. The molecule has 21 heavy (non-hydrogen) atoms. The lowest BCUT2D eigenvalue weighted by Gasteiger charge is -2.46. The average molecular weight is 295 g/mol. The SMILES string of the molecule is CCC(C)(C)C1CCC(N)C(N(CCC(C)C)C2CC2)C1. The summed E-state index contributed by atoms with van der Waals surface area (Å²) in [5.41, 5.74) is 7.03. The molecular weight excluding hydrogens is 256 g/mol. The minimum Gasteiger partial charge on any atom is -0.326 e. The Hall–Kier alpha value is -0.0800. The molecule has 2 N–H and O–H groups in total. The zero-order chi connectivity index (χ0) is 15.6. The van der Waals surface area contributed by atoms with Gasteiger partial charge in [-0.15, -0.1) is 0 Å². The third-order valence-electron chi connectivity index (χ3n) is 6.29. The summed E-state index contributed by atoms with van der Waals surface area (Å²) >= 11 is 0. The topological polar surface area (TPSA) is 29.3 Å². The molecule has 0 radical (unpaired) electrons. The molecule has 0 heterocycles. The first-order valence-corrected chi connectivity index (χ1v) is 9.36. The van der Waals surface area contributed by atoms with Crippen LogP contribution in [0.25, 0.3) is 0 Å². The number of nitrogens with zero attached hydrogens (tertiary/aromatic N) is 1. The largest absolute Gasteiger partial charge is 0.326 e. The third kappa shape index (κ3) is 4.45. The van der Waals surface area contributed by atoms with Crippen LogP contribution in [0, 0.1) is 17.3 Å². The van der Waals surface area contributed by atoms with Gasteiger partial charge in [-0.3, -0.25) is 4.90 Å². The highest BCUT2D eigenvalue weighted by Crippen LogP contribution is 2.43. The van der Waals surface area contributed by atoms with E-state index in [1.165, 1.54) is 51.5 Å². The minimum atomic E-state index is 0.404. The van der Waals surface area contributed by atoms with Crippen LogP contribution in [0.2, 0.25) is 0 Å². The third-order valence-corrected chi connectivity index (χ3v) is 6.29. The zero-order valence-electron chi connectivity index (χ0n) is 15.1. The fourth-order valence-electron chi connectivity index (χ4n) is 3.98. The standard InChI is InChI=1S/C19H38N2/c1-6-19(4,5)15-7-10-17(20)18(13-15)21(16-8-9-16)12-11-14(2)3/h14-18H,6-13,20H2,1-5H3. The fourth-order valence-corrected chi connectivity index (χ4v) is 3.98. The molecule has 124 valence electrons. The summed E-state index contributed by atoms with van der Waals surface area (Å²) in [6.07, 6.45) is 9.31. The van der Waals surface area contributed by atoms with Crippen molar-refractivity contribution in [2.45, 2.75) is 97.7 Å². The van der Waals surface area contributed by atoms with Gasteiger partial charge < -0.3 is 5.73 Å². The first kappa shape index (κ1) is 17.3. The van der Waals surface area contributed by atoms with Crippen LogP contribution in [0.3, 0.4) is 0 Å². The summed E-state index contributed by atoms with van der Waals surface area (Å²) in [5, 5.41) is 0. The van der Waals surface area contributed by atoms with Gasteiger partial charge in [0.1, 0.15) is 0 Å². The van der Waals surface area contributed by atoms with Crippen molar-refractivity contribution in [1.82, 2.24) is 4.90 Å². The number of rotatable bonds is 7. The van der Waals surface area contributed by atoms with Gasteiger partial charge in [0.05, 0.1) is 0 Å². The van der Waals surface area contributed by atoms with Gasteiger partial charge >= 0.3 is 0 Å². The first-order chi connectivity index (χ1) is 9.85. The van der Waals surface area contributed by atoms with Gasteiger partial charge in [-0.05, 0) is 62.3 Å². The van der Waals surface area contributed by atoms with E-state index in [2.05, 4.69) is 39.5 Å². The van der Waals surface area contributed by atoms with Gasteiger partial charge in [0, 0.05) is 18.1 Å². The van der Waals surface area contributed by atoms with Crippen LogP contribution in [-0.4, -0.2) is 29.6 Å². The molecule has 0 bridgehead atoms. The quantitative estimate of drug-likeness (QED) is 0.752. The van der Waals surface area contributed by atoms with Crippen LogP contribution in [-0.2, 0) is 0 Å². The summed E-state index contributed by atoms with van der Waals surface area (Å²) in [6, 6.07) is 1.89. The van der Waals surface area contributed by atoms with Crippen molar-refractivity contribution in [3.05, 3.63) is 0 Å². The van der Waals surface area contributed by atoms with Crippen LogP contribution in [0.15, 0.2) is 0 Å². The molecule has 3 atom stereocenters. The molecule has 2 aliphatic carbocycles. The normalized spacial score (nSPS) is 31.1. The van der Waals surface area contributed by atoms with Gasteiger partial charge in [-0.2, -0.15) is 0 Å². The van der Waals surface area contributed by atoms with Crippen LogP contribution < -0.4 is 5.73 Å². The smallest absolute Gasteiger partial charge is 0.0252 e. The molecule has 2 saturated carbocycles. The summed E-state index contributed by atoms with van der Waals surface area (Å²) in [7, 11) is 0. The van der Waals surface area contributed by atoms with Crippen molar-refractivity contribution in [1.29, 1.82) is 0 Å². The van der Waals surface area contributed by atoms with Crippen LogP contribution in [0.1, 0.15) is 79.6 Å². The van der Waals surface area contributed by atoms with Crippen molar-refractivity contribution < 1.29 is 0 Å². The summed E-state index contributed by atoms with van der Waals surface area (Å²) < 4.78 is 0. The molecule has 2 heteroatoms. The van der Waals surface area contributed by atoms with E-state index in [4.69, 9.17) is 5.73 Å². The van der Waals surface area contributed by atoms with E-state index >= 15 is 0 Å². The van der Waals surface area contributed by atoms with E-state index in [1.807, 2.05) is 0 Å². The molecule has 2 nitrogen and oxygen atoms in total. The van der Waals surface area contributed by atoms with E-state index in [0.29, 0.717) is 17.5 Å². The van der Waals surface area contributed by atoms with Gasteiger partial charge in [0.2, 0.25) is 0 Å². The van der Waals surface area contributed by atoms with Gasteiger partial charge in [-0.1, -0.05) is 41.0 Å². The molecule has 0 spiro atoms. The van der Waals surface area contributed by atoms with E-state index in [1.54, 1.807) is 0 Å². The Bertz CT molecular complexity index is 320. The lowest BCUT2D eigenvalue weighted by atomic mass is 9.67. The van der Waals surface area contributed by atoms with Crippen molar-refractivity contribution in [2.24, 2.45) is 23.0 Å². The second-order valence-electron chi connectivity index (χ2n) is 8.73. The van der Waals surface area contributed by atoms with E-state index in [0.717, 1.165) is 17.9 Å². The molecule has 0 aromatic heterocycles. The Labute approximate surface area is 132 Å². The highest BCUT2D eigenvalue weighted by Gasteiger charge is 2.42. The van der Waals surface area contributed by atoms with Gasteiger partial charge in [-0.25, -0.2) is 0 Å². The highest BCUT2D eigenvalue weighted by atomic mass is 15.2.